The quantitative estimate of drug-likeness (QED) is 0.590. The van der Waals surface area contributed by atoms with E-state index in [0.717, 1.165) is 25.8 Å². The summed E-state index contributed by atoms with van der Waals surface area (Å²) in [5.41, 5.74) is 1.21. The fraction of sp³-hybridized carbons (Fsp3) is 0.600. The smallest absolute Gasteiger partial charge is 0.251 e. The summed E-state index contributed by atoms with van der Waals surface area (Å²) in [7, 11) is 4.03. The molecular formula is C20H31N3O2. The Balaban J connectivity index is 1.81. The zero-order valence-electron chi connectivity index (χ0n) is 15.5. The van der Waals surface area contributed by atoms with Gasteiger partial charge in [0.1, 0.15) is 0 Å². The van der Waals surface area contributed by atoms with Gasteiger partial charge in [-0.2, -0.15) is 0 Å². The van der Waals surface area contributed by atoms with Crippen molar-refractivity contribution in [2.24, 2.45) is 0 Å². The molecule has 138 valence electrons. The lowest BCUT2D eigenvalue weighted by molar-refractivity contribution is 0.0927. The molecule has 1 aliphatic carbocycles. The monoisotopic (exact) mass is 345 g/mol. The Morgan fingerprint density at radius 2 is 1.52 bits per heavy atom. The molecule has 0 spiro atoms. The Labute approximate surface area is 151 Å². The normalized spacial score (nSPS) is 15.6. The van der Waals surface area contributed by atoms with Crippen molar-refractivity contribution in [3.05, 3.63) is 35.4 Å². The van der Waals surface area contributed by atoms with E-state index < -0.39 is 0 Å². The number of benzene rings is 1. The number of rotatable bonds is 7. The SMILES string of the molecule is CN(C)CCCNC(=O)c1ccc(C(=O)NC2CCCCCC2)cc1. The first kappa shape index (κ1) is 19.4. The summed E-state index contributed by atoms with van der Waals surface area (Å²) in [5, 5.41) is 6.04. The van der Waals surface area contributed by atoms with Crippen LogP contribution in [0, 0.1) is 0 Å². The van der Waals surface area contributed by atoms with Crippen LogP contribution in [0.15, 0.2) is 24.3 Å². The molecule has 2 N–H and O–H groups in total. The zero-order chi connectivity index (χ0) is 18.1. The number of nitrogens with one attached hydrogen (secondary N) is 2. The third-order valence-corrected chi connectivity index (χ3v) is 4.67. The van der Waals surface area contributed by atoms with Gasteiger partial charge in [-0.1, -0.05) is 25.7 Å². The lowest BCUT2D eigenvalue weighted by Crippen LogP contribution is -2.34. The summed E-state index contributed by atoms with van der Waals surface area (Å²) in [6.45, 7) is 1.60. The van der Waals surface area contributed by atoms with Crippen molar-refractivity contribution in [3.8, 4) is 0 Å². The van der Waals surface area contributed by atoms with E-state index in [2.05, 4.69) is 15.5 Å². The molecule has 1 aromatic rings. The highest BCUT2D eigenvalue weighted by atomic mass is 16.2. The standard InChI is InChI=1S/C20H31N3O2/c1-23(2)15-7-14-21-19(24)16-10-12-17(13-11-16)20(25)22-18-8-5-3-4-6-9-18/h10-13,18H,3-9,14-15H2,1-2H3,(H,21,24)(H,22,25). The molecule has 1 aliphatic rings. The van der Waals surface area contributed by atoms with Gasteiger partial charge in [0.05, 0.1) is 0 Å². The molecular weight excluding hydrogens is 314 g/mol. The average Bonchev–Trinajstić information content (AvgIpc) is 2.87. The number of carbonyl (C=O) groups is 2. The van der Waals surface area contributed by atoms with Gasteiger partial charge in [-0.15, -0.1) is 0 Å². The van der Waals surface area contributed by atoms with Gasteiger partial charge >= 0.3 is 0 Å². The van der Waals surface area contributed by atoms with Gasteiger partial charge in [-0.3, -0.25) is 9.59 Å². The molecule has 0 saturated heterocycles. The number of nitrogens with zero attached hydrogens (tertiary/aromatic N) is 1. The second-order valence-electron chi connectivity index (χ2n) is 7.15. The molecule has 1 aromatic carbocycles. The number of hydrogen-bond donors (Lipinski definition) is 2. The highest BCUT2D eigenvalue weighted by molar-refractivity contribution is 5.97. The minimum Gasteiger partial charge on any atom is -0.352 e. The topological polar surface area (TPSA) is 61.4 Å². The molecule has 0 aliphatic heterocycles. The minimum absolute atomic E-state index is 0.0372. The number of hydrogen-bond acceptors (Lipinski definition) is 3. The van der Waals surface area contributed by atoms with E-state index in [1.54, 1.807) is 24.3 Å². The first-order chi connectivity index (χ1) is 12.1. The zero-order valence-corrected chi connectivity index (χ0v) is 15.5. The molecule has 0 heterocycles. The molecule has 0 aromatic heterocycles. The van der Waals surface area contributed by atoms with Gasteiger partial charge in [0, 0.05) is 23.7 Å². The van der Waals surface area contributed by atoms with Crippen LogP contribution in [0.4, 0.5) is 0 Å². The Morgan fingerprint density at radius 3 is 2.08 bits per heavy atom. The summed E-state index contributed by atoms with van der Waals surface area (Å²) in [6, 6.07) is 7.21. The van der Waals surface area contributed by atoms with E-state index >= 15 is 0 Å². The summed E-state index contributed by atoms with van der Waals surface area (Å²) >= 11 is 0. The van der Waals surface area contributed by atoms with Crippen molar-refractivity contribution in [2.75, 3.05) is 27.2 Å². The molecule has 1 saturated carbocycles. The summed E-state index contributed by atoms with van der Waals surface area (Å²) < 4.78 is 0. The molecule has 0 bridgehead atoms. The second-order valence-corrected chi connectivity index (χ2v) is 7.15. The predicted molar refractivity (Wildman–Crippen MR) is 101 cm³/mol. The van der Waals surface area contributed by atoms with Gasteiger partial charge in [0.15, 0.2) is 0 Å². The number of carbonyl (C=O) groups excluding carboxylic acids is 2. The molecule has 25 heavy (non-hydrogen) atoms. The first-order valence-electron chi connectivity index (χ1n) is 9.40. The van der Waals surface area contributed by atoms with E-state index in [1.807, 2.05) is 14.1 Å². The Hall–Kier alpha value is -1.88. The van der Waals surface area contributed by atoms with Crippen LogP contribution in [0.3, 0.4) is 0 Å². The van der Waals surface area contributed by atoms with Crippen LogP contribution in [-0.2, 0) is 0 Å². The summed E-state index contributed by atoms with van der Waals surface area (Å²) in [4.78, 5) is 26.6. The molecule has 5 heteroatoms. The average molecular weight is 345 g/mol. The fourth-order valence-electron chi connectivity index (χ4n) is 3.16. The lowest BCUT2D eigenvalue weighted by Gasteiger charge is -2.16. The predicted octanol–water partition coefficient (Wildman–Crippen LogP) is 2.82. The molecule has 5 nitrogen and oxygen atoms in total. The summed E-state index contributed by atoms with van der Waals surface area (Å²) in [6.07, 6.45) is 7.98. The second kappa shape index (κ2) is 10.2. The Bertz CT molecular complexity index is 547. The van der Waals surface area contributed by atoms with Gasteiger partial charge in [0.2, 0.25) is 0 Å². The molecule has 0 unspecified atom stereocenters. The lowest BCUT2D eigenvalue weighted by atomic mass is 10.1. The Kier molecular flexibility index (Phi) is 7.92. The maximum absolute atomic E-state index is 12.4. The van der Waals surface area contributed by atoms with Crippen LogP contribution >= 0.6 is 0 Å². The van der Waals surface area contributed by atoms with Crippen LogP contribution in [0.1, 0.15) is 65.7 Å². The van der Waals surface area contributed by atoms with Crippen LogP contribution in [0.5, 0.6) is 0 Å². The number of amides is 2. The maximum Gasteiger partial charge on any atom is 0.251 e. The van der Waals surface area contributed by atoms with Crippen LogP contribution in [-0.4, -0.2) is 49.9 Å². The van der Waals surface area contributed by atoms with Crippen LogP contribution < -0.4 is 10.6 Å². The highest BCUT2D eigenvalue weighted by Gasteiger charge is 2.16. The highest BCUT2D eigenvalue weighted by Crippen LogP contribution is 2.17. The van der Waals surface area contributed by atoms with Gasteiger partial charge in [-0.25, -0.2) is 0 Å². The van der Waals surface area contributed by atoms with E-state index in [9.17, 15) is 9.59 Å². The van der Waals surface area contributed by atoms with Gasteiger partial charge in [-0.05, 0) is 64.2 Å². The molecule has 1 fully saturated rings. The molecule has 2 amide bonds. The minimum atomic E-state index is -0.0884. The van der Waals surface area contributed by atoms with Crippen molar-refractivity contribution >= 4 is 11.8 Å². The van der Waals surface area contributed by atoms with E-state index in [4.69, 9.17) is 0 Å². The molecule has 2 rings (SSSR count). The van der Waals surface area contributed by atoms with E-state index in [-0.39, 0.29) is 17.9 Å². The first-order valence-corrected chi connectivity index (χ1v) is 9.40. The maximum atomic E-state index is 12.4. The van der Waals surface area contributed by atoms with Crippen molar-refractivity contribution in [2.45, 2.75) is 51.0 Å². The Morgan fingerprint density at radius 1 is 0.960 bits per heavy atom. The largest absolute Gasteiger partial charge is 0.352 e. The van der Waals surface area contributed by atoms with Gasteiger partial charge < -0.3 is 15.5 Å². The third kappa shape index (κ3) is 6.86. The third-order valence-electron chi connectivity index (χ3n) is 4.67. The van der Waals surface area contributed by atoms with Crippen molar-refractivity contribution in [1.29, 1.82) is 0 Å². The molecule has 0 radical (unpaired) electrons. The van der Waals surface area contributed by atoms with Crippen molar-refractivity contribution in [1.82, 2.24) is 15.5 Å². The van der Waals surface area contributed by atoms with Crippen molar-refractivity contribution < 1.29 is 9.59 Å². The van der Waals surface area contributed by atoms with E-state index in [1.165, 1.54) is 25.7 Å². The fourth-order valence-corrected chi connectivity index (χ4v) is 3.16. The van der Waals surface area contributed by atoms with E-state index in [0.29, 0.717) is 17.7 Å². The van der Waals surface area contributed by atoms with Crippen molar-refractivity contribution in [3.63, 3.8) is 0 Å². The van der Waals surface area contributed by atoms with Crippen LogP contribution in [0.2, 0.25) is 0 Å². The summed E-state index contributed by atoms with van der Waals surface area (Å²) in [5.74, 6) is -0.126. The van der Waals surface area contributed by atoms with Crippen LogP contribution in [0.25, 0.3) is 0 Å². The van der Waals surface area contributed by atoms with Gasteiger partial charge in [0.25, 0.3) is 11.8 Å². The molecule has 0 atom stereocenters.